The maximum absolute atomic E-state index is 10.9. The first-order valence-electron chi connectivity index (χ1n) is 4.92. The molecule has 0 fully saturated rings. The minimum atomic E-state index is -1.10. The molecule has 0 bridgehead atoms. The standard InChI is InChI=1S/C10H9N5O3/c1-5-6(9(17)18)4-12-10(13-5)15-3-2-7(14-15)8(11)16/h2-4H,1H3,(H2,11,16)(H,17,18). The molecule has 18 heavy (non-hydrogen) atoms. The zero-order valence-electron chi connectivity index (χ0n) is 9.36. The van der Waals surface area contributed by atoms with Gasteiger partial charge >= 0.3 is 5.97 Å². The summed E-state index contributed by atoms with van der Waals surface area (Å²) in [5.74, 6) is -1.59. The van der Waals surface area contributed by atoms with Crippen molar-refractivity contribution in [3.8, 4) is 5.95 Å². The van der Waals surface area contributed by atoms with Gasteiger partial charge in [0.1, 0.15) is 5.69 Å². The number of carboxylic acid groups (broad SMARTS) is 1. The van der Waals surface area contributed by atoms with Crippen LogP contribution >= 0.6 is 0 Å². The Balaban J connectivity index is 2.42. The third kappa shape index (κ3) is 2.03. The average molecular weight is 247 g/mol. The maximum atomic E-state index is 10.9. The van der Waals surface area contributed by atoms with E-state index in [1.54, 1.807) is 6.92 Å². The first-order valence-corrected chi connectivity index (χ1v) is 4.92. The van der Waals surface area contributed by atoms with Gasteiger partial charge in [-0.25, -0.2) is 19.4 Å². The van der Waals surface area contributed by atoms with Crippen molar-refractivity contribution < 1.29 is 14.7 Å². The van der Waals surface area contributed by atoms with Gasteiger partial charge in [-0.3, -0.25) is 4.79 Å². The molecule has 0 atom stereocenters. The predicted octanol–water partition coefficient (Wildman–Crippen LogP) is -0.232. The molecule has 0 spiro atoms. The second-order valence-corrected chi connectivity index (χ2v) is 3.48. The van der Waals surface area contributed by atoms with Crippen LogP contribution in [0.4, 0.5) is 0 Å². The minimum Gasteiger partial charge on any atom is -0.478 e. The fourth-order valence-corrected chi connectivity index (χ4v) is 1.34. The number of rotatable bonds is 3. The van der Waals surface area contributed by atoms with E-state index in [9.17, 15) is 9.59 Å². The first kappa shape index (κ1) is 11.7. The summed E-state index contributed by atoms with van der Waals surface area (Å²) in [4.78, 5) is 29.5. The summed E-state index contributed by atoms with van der Waals surface area (Å²) in [6.07, 6.45) is 2.65. The van der Waals surface area contributed by atoms with Crippen LogP contribution < -0.4 is 5.73 Å². The van der Waals surface area contributed by atoms with E-state index in [4.69, 9.17) is 10.8 Å². The van der Waals surface area contributed by atoms with Crippen molar-refractivity contribution in [2.75, 3.05) is 0 Å². The van der Waals surface area contributed by atoms with E-state index in [1.807, 2.05) is 0 Å². The number of carbonyl (C=O) groups excluding carboxylic acids is 1. The van der Waals surface area contributed by atoms with Gasteiger partial charge in [0.05, 0.1) is 11.3 Å². The van der Waals surface area contributed by atoms with Crippen LogP contribution in [0.3, 0.4) is 0 Å². The van der Waals surface area contributed by atoms with Crippen molar-refractivity contribution in [3.63, 3.8) is 0 Å². The number of nitrogens with zero attached hydrogens (tertiary/aromatic N) is 4. The van der Waals surface area contributed by atoms with Crippen LogP contribution in [0.25, 0.3) is 5.95 Å². The second kappa shape index (κ2) is 4.24. The molecule has 8 heteroatoms. The van der Waals surface area contributed by atoms with Gasteiger partial charge in [-0.05, 0) is 13.0 Å². The van der Waals surface area contributed by atoms with E-state index in [2.05, 4.69) is 15.1 Å². The van der Waals surface area contributed by atoms with Gasteiger partial charge in [0, 0.05) is 12.4 Å². The fourth-order valence-electron chi connectivity index (χ4n) is 1.34. The summed E-state index contributed by atoms with van der Waals surface area (Å²) >= 11 is 0. The van der Waals surface area contributed by atoms with Gasteiger partial charge in [0.15, 0.2) is 0 Å². The Morgan fingerprint density at radius 1 is 1.44 bits per heavy atom. The third-order valence-corrected chi connectivity index (χ3v) is 2.24. The second-order valence-electron chi connectivity index (χ2n) is 3.48. The number of aryl methyl sites for hydroxylation is 1. The van der Waals surface area contributed by atoms with Crippen LogP contribution in [-0.4, -0.2) is 36.7 Å². The van der Waals surface area contributed by atoms with Crippen molar-refractivity contribution in [2.24, 2.45) is 5.73 Å². The molecule has 0 aliphatic rings. The molecule has 0 aliphatic heterocycles. The Morgan fingerprint density at radius 2 is 2.17 bits per heavy atom. The normalized spacial score (nSPS) is 10.3. The minimum absolute atomic E-state index is 0.0148. The Kier molecular flexibility index (Phi) is 2.76. The van der Waals surface area contributed by atoms with Crippen LogP contribution in [0.5, 0.6) is 0 Å². The molecule has 0 radical (unpaired) electrons. The molecule has 2 rings (SSSR count). The molecular weight excluding hydrogens is 238 g/mol. The zero-order valence-corrected chi connectivity index (χ0v) is 9.36. The van der Waals surface area contributed by atoms with Gasteiger partial charge in [0.25, 0.3) is 11.9 Å². The highest BCUT2D eigenvalue weighted by molar-refractivity contribution is 5.90. The number of amides is 1. The fraction of sp³-hybridized carbons (Fsp3) is 0.100. The SMILES string of the molecule is Cc1nc(-n2ccc(C(N)=O)n2)ncc1C(=O)O. The average Bonchev–Trinajstić information content (AvgIpc) is 2.77. The molecular formula is C10H9N5O3. The van der Waals surface area contributed by atoms with E-state index in [-0.39, 0.29) is 17.2 Å². The smallest absolute Gasteiger partial charge is 0.339 e. The highest BCUT2D eigenvalue weighted by atomic mass is 16.4. The van der Waals surface area contributed by atoms with E-state index in [0.29, 0.717) is 5.69 Å². The van der Waals surface area contributed by atoms with Crippen LogP contribution in [0.1, 0.15) is 26.5 Å². The van der Waals surface area contributed by atoms with Gasteiger partial charge < -0.3 is 10.8 Å². The Labute approximate surface area is 101 Å². The number of hydrogen-bond donors (Lipinski definition) is 2. The summed E-state index contributed by atoms with van der Waals surface area (Å²) in [6, 6.07) is 1.42. The van der Waals surface area contributed by atoms with Crippen LogP contribution in [0.2, 0.25) is 0 Å². The number of nitrogens with two attached hydrogens (primary N) is 1. The topological polar surface area (TPSA) is 124 Å². The number of carbonyl (C=O) groups is 2. The number of hydrogen-bond acceptors (Lipinski definition) is 5. The lowest BCUT2D eigenvalue weighted by atomic mass is 10.2. The Bertz CT molecular complexity index is 634. The molecule has 0 aliphatic carbocycles. The summed E-state index contributed by atoms with van der Waals surface area (Å²) < 4.78 is 1.25. The Morgan fingerprint density at radius 3 is 2.67 bits per heavy atom. The monoisotopic (exact) mass is 247 g/mol. The van der Waals surface area contributed by atoms with Crippen molar-refractivity contribution in [3.05, 3.63) is 35.4 Å². The highest BCUT2D eigenvalue weighted by Crippen LogP contribution is 2.07. The molecule has 1 amide bonds. The molecule has 0 aromatic carbocycles. The maximum Gasteiger partial charge on any atom is 0.339 e. The van der Waals surface area contributed by atoms with Crippen molar-refractivity contribution in [1.29, 1.82) is 0 Å². The summed E-state index contributed by atoms with van der Waals surface area (Å²) in [5, 5.41) is 12.7. The lowest BCUT2D eigenvalue weighted by Crippen LogP contribution is -2.13. The number of primary amides is 1. The molecule has 2 heterocycles. The van der Waals surface area contributed by atoms with Crippen LogP contribution in [0.15, 0.2) is 18.5 Å². The van der Waals surface area contributed by atoms with Crippen LogP contribution in [0, 0.1) is 6.92 Å². The van der Waals surface area contributed by atoms with Gasteiger partial charge in [-0.2, -0.15) is 5.10 Å². The van der Waals surface area contributed by atoms with Gasteiger partial charge in [0.2, 0.25) is 0 Å². The molecule has 8 nitrogen and oxygen atoms in total. The van der Waals surface area contributed by atoms with Gasteiger partial charge in [-0.15, -0.1) is 0 Å². The number of aromatic carboxylic acids is 1. The van der Waals surface area contributed by atoms with Crippen molar-refractivity contribution >= 4 is 11.9 Å². The van der Waals surface area contributed by atoms with E-state index < -0.39 is 11.9 Å². The first-order chi connectivity index (χ1) is 8.49. The summed E-state index contributed by atoms with van der Waals surface area (Å²) in [5.41, 5.74) is 5.47. The van der Waals surface area contributed by atoms with Crippen LogP contribution in [-0.2, 0) is 0 Å². The predicted molar refractivity (Wildman–Crippen MR) is 59.4 cm³/mol. The van der Waals surface area contributed by atoms with Gasteiger partial charge in [-0.1, -0.05) is 0 Å². The van der Waals surface area contributed by atoms with E-state index >= 15 is 0 Å². The number of carboxylic acids is 1. The largest absolute Gasteiger partial charge is 0.478 e. The van der Waals surface area contributed by atoms with E-state index in [1.165, 1.54) is 23.1 Å². The lowest BCUT2D eigenvalue weighted by molar-refractivity contribution is 0.0695. The lowest BCUT2D eigenvalue weighted by Gasteiger charge is -2.02. The zero-order chi connectivity index (χ0) is 13.3. The molecule has 0 saturated heterocycles. The quantitative estimate of drug-likeness (QED) is 0.771. The molecule has 0 saturated carbocycles. The molecule has 0 unspecified atom stereocenters. The summed E-state index contributed by atoms with van der Waals surface area (Å²) in [7, 11) is 0. The van der Waals surface area contributed by atoms with Crippen molar-refractivity contribution in [2.45, 2.75) is 6.92 Å². The highest BCUT2D eigenvalue weighted by Gasteiger charge is 2.12. The molecule has 2 aromatic rings. The summed E-state index contributed by atoms with van der Waals surface area (Å²) in [6.45, 7) is 1.55. The molecule has 3 N–H and O–H groups in total. The Hall–Kier alpha value is -2.77. The van der Waals surface area contributed by atoms with E-state index in [0.717, 1.165) is 0 Å². The third-order valence-electron chi connectivity index (χ3n) is 2.24. The van der Waals surface area contributed by atoms with Crippen molar-refractivity contribution in [1.82, 2.24) is 19.7 Å². The molecule has 92 valence electrons. The molecule has 2 aromatic heterocycles. The number of aromatic nitrogens is 4.